The Kier molecular flexibility index (Phi) is 3.72. The van der Waals surface area contributed by atoms with E-state index in [9.17, 15) is 13.4 Å². The molecular formula is C21H18FNO3S. The molecule has 3 unspecified atom stereocenters. The summed E-state index contributed by atoms with van der Waals surface area (Å²) in [5.74, 6) is 1.19. The minimum atomic E-state index is -1.12. The molecule has 1 aromatic heterocycles. The summed E-state index contributed by atoms with van der Waals surface area (Å²) in [5, 5.41) is 0.762. The topological polar surface area (TPSA) is 50.5 Å². The number of benzene rings is 2. The van der Waals surface area contributed by atoms with Crippen LogP contribution in [0.4, 0.5) is 10.1 Å². The van der Waals surface area contributed by atoms with Gasteiger partial charge >= 0.3 is 0 Å². The van der Waals surface area contributed by atoms with E-state index in [4.69, 9.17) is 4.42 Å². The van der Waals surface area contributed by atoms with Crippen molar-refractivity contribution in [2.75, 3.05) is 17.1 Å². The van der Waals surface area contributed by atoms with Gasteiger partial charge in [-0.05, 0) is 60.6 Å². The van der Waals surface area contributed by atoms with Crippen LogP contribution in [0.15, 0.2) is 40.8 Å². The van der Waals surface area contributed by atoms with Gasteiger partial charge in [0.05, 0.1) is 11.3 Å². The molecule has 1 aliphatic carbocycles. The zero-order valence-electron chi connectivity index (χ0n) is 14.8. The summed E-state index contributed by atoms with van der Waals surface area (Å²) < 4.78 is 33.5. The lowest BCUT2D eigenvalue weighted by Gasteiger charge is -2.22. The average Bonchev–Trinajstić information content (AvgIpc) is 3.35. The van der Waals surface area contributed by atoms with E-state index in [1.807, 2.05) is 16.4 Å². The SMILES string of the molecule is CS(=O)N1CCC2CC2c2cc3c(C=O)c(-c4ccc(F)cc4)oc3cc21. The molecule has 0 spiro atoms. The van der Waals surface area contributed by atoms with E-state index < -0.39 is 11.0 Å². The summed E-state index contributed by atoms with van der Waals surface area (Å²) in [6, 6.07) is 9.85. The Bertz CT molecular complexity index is 1090. The Hall–Kier alpha value is -2.47. The lowest BCUT2D eigenvalue weighted by atomic mass is 10.0. The predicted molar refractivity (Wildman–Crippen MR) is 104 cm³/mol. The quantitative estimate of drug-likeness (QED) is 0.618. The molecule has 0 amide bonds. The predicted octanol–water partition coefficient (Wildman–Crippen LogP) is 4.66. The van der Waals surface area contributed by atoms with Crippen LogP contribution < -0.4 is 4.31 Å². The Balaban J connectivity index is 1.74. The van der Waals surface area contributed by atoms with Crippen molar-refractivity contribution in [1.82, 2.24) is 0 Å². The van der Waals surface area contributed by atoms with Gasteiger partial charge in [-0.25, -0.2) is 8.60 Å². The summed E-state index contributed by atoms with van der Waals surface area (Å²) in [7, 11) is -1.12. The lowest BCUT2D eigenvalue weighted by Crippen LogP contribution is -2.26. The van der Waals surface area contributed by atoms with Gasteiger partial charge < -0.3 is 4.42 Å². The molecule has 0 N–H and O–H groups in total. The second-order valence-electron chi connectivity index (χ2n) is 7.29. The van der Waals surface area contributed by atoms with Crippen LogP contribution in [0.1, 0.15) is 34.7 Å². The van der Waals surface area contributed by atoms with Crippen LogP contribution in [-0.4, -0.2) is 23.3 Å². The molecule has 3 aromatic rings. The molecule has 6 heteroatoms. The highest BCUT2D eigenvalue weighted by Gasteiger charge is 2.43. The molecule has 4 nitrogen and oxygen atoms in total. The van der Waals surface area contributed by atoms with Crippen molar-refractivity contribution >= 4 is 33.9 Å². The number of aldehydes is 1. The van der Waals surface area contributed by atoms with Gasteiger partial charge in [0.2, 0.25) is 0 Å². The maximum Gasteiger partial charge on any atom is 0.154 e. The van der Waals surface area contributed by atoms with Crippen molar-refractivity contribution in [2.24, 2.45) is 5.92 Å². The van der Waals surface area contributed by atoms with Crippen molar-refractivity contribution in [1.29, 1.82) is 0 Å². The minimum absolute atomic E-state index is 0.338. The maximum atomic E-state index is 13.3. The molecule has 1 fully saturated rings. The zero-order chi connectivity index (χ0) is 18.7. The molecule has 2 aliphatic rings. The number of furan rings is 1. The van der Waals surface area contributed by atoms with Crippen LogP contribution >= 0.6 is 0 Å². The van der Waals surface area contributed by atoms with Crippen molar-refractivity contribution in [3.8, 4) is 11.3 Å². The van der Waals surface area contributed by atoms with E-state index in [1.165, 1.54) is 12.1 Å². The molecule has 5 rings (SSSR count). The first kappa shape index (κ1) is 16.7. The van der Waals surface area contributed by atoms with Crippen molar-refractivity contribution in [3.63, 3.8) is 0 Å². The van der Waals surface area contributed by atoms with Crippen molar-refractivity contribution in [2.45, 2.75) is 18.8 Å². The molecule has 138 valence electrons. The highest BCUT2D eigenvalue weighted by atomic mass is 32.2. The molecule has 1 saturated carbocycles. The number of hydrogen-bond acceptors (Lipinski definition) is 3. The van der Waals surface area contributed by atoms with Crippen LogP contribution in [-0.2, 0) is 11.0 Å². The number of carbonyl (C=O) groups is 1. The van der Waals surface area contributed by atoms with Crippen LogP contribution in [0.3, 0.4) is 0 Å². The minimum Gasteiger partial charge on any atom is -0.455 e. The van der Waals surface area contributed by atoms with E-state index in [1.54, 1.807) is 18.4 Å². The van der Waals surface area contributed by atoms with Crippen LogP contribution in [0.2, 0.25) is 0 Å². The third-order valence-corrected chi connectivity index (χ3v) is 6.70. The van der Waals surface area contributed by atoms with Gasteiger partial charge in [-0.1, -0.05) is 0 Å². The van der Waals surface area contributed by atoms with Gasteiger partial charge in [0.25, 0.3) is 0 Å². The highest BCUT2D eigenvalue weighted by Crippen LogP contribution is 2.55. The summed E-state index contributed by atoms with van der Waals surface area (Å²) in [6.45, 7) is 0.759. The largest absolute Gasteiger partial charge is 0.455 e. The summed E-state index contributed by atoms with van der Waals surface area (Å²) in [6.07, 6.45) is 4.66. The first-order valence-electron chi connectivity index (χ1n) is 8.99. The van der Waals surface area contributed by atoms with Gasteiger partial charge in [0.1, 0.15) is 28.1 Å². The third-order valence-electron chi connectivity index (χ3n) is 5.70. The normalized spacial score (nSPS) is 22.1. The fourth-order valence-corrected chi connectivity index (χ4v) is 5.03. The molecule has 0 saturated heterocycles. The number of fused-ring (bicyclic) bond motifs is 4. The Morgan fingerprint density at radius 1 is 1.26 bits per heavy atom. The Morgan fingerprint density at radius 3 is 2.74 bits per heavy atom. The molecule has 1 aliphatic heterocycles. The van der Waals surface area contributed by atoms with E-state index >= 15 is 0 Å². The van der Waals surface area contributed by atoms with E-state index in [0.717, 1.165) is 42.3 Å². The van der Waals surface area contributed by atoms with Crippen molar-refractivity contribution in [3.05, 3.63) is 53.3 Å². The van der Waals surface area contributed by atoms with Crippen LogP contribution in [0.5, 0.6) is 0 Å². The van der Waals surface area contributed by atoms with E-state index in [0.29, 0.717) is 34.3 Å². The van der Waals surface area contributed by atoms with Crippen LogP contribution in [0.25, 0.3) is 22.3 Å². The van der Waals surface area contributed by atoms with Crippen LogP contribution in [0, 0.1) is 11.7 Å². The zero-order valence-corrected chi connectivity index (χ0v) is 15.6. The number of carbonyl (C=O) groups excluding carboxylic acids is 1. The van der Waals surface area contributed by atoms with E-state index in [2.05, 4.69) is 0 Å². The number of nitrogens with zero attached hydrogens (tertiary/aromatic N) is 1. The molecule has 3 atom stereocenters. The van der Waals surface area contributed by atoms with Gasteiger partial charge in [0, 0.05) is 29.8 Å². The van der Waals surface area contributed by atoms with Gasteiger partial charge in [0.15, 0.2) is 6.29 Å². The smallest absolute Gasteiger partial charge is 0.154 e. The number of halogens is 1. The summed E-state index contributed by atoms with van der Waals surface area (Å²) in [5.41, 5.74) is 3.81. The first-order chi connectivity index (χ1) is 13.1. The molecule has 0 radical (unpaired) electrons. The van der Waals surface area contributed by atoms with E-state index in [-0.39, 0.29) is 5.82 Å². The first-order valence-corrected chi connectivity index (χ1v) is 10.5. The third kappa shape index (κ3) is 2.62. The Labute approximate surface area is 158 Å². The second kappa shape index (κ2) is 6.02. The molecular weight excluding hydrogens is 365 g/mol. The molecule has 2 heterocycles. The van der Waals surface area contributed by atoms with Gasteiger partial charge in [-0.2, -0.15) is 0 Å². The fraction of sp³-hybridized carbons (Fsp3) is 0.286. The number of rotatable bonds is 3. The van der Waals surface area contributed by atoms with Crippen molar-refractivity contribution < 1.29 is 17.8 Å². The Morgan fingerprint density at radius 2 is 2.04 bits per heavy atom. The molecule has 27 heavy (non-hydrogen) atoms. The van der Waals surface area contributed by atoms with Gasteiger partial charge in [-0.3, -0.25) is 9.10 Å². The molecule has 0 bridgehead atoms. The summed E-state index contributed by atoms with van der Waals surface area (Å²) >= 11 is 0. The lowest BCUT2D eigenvalue weighted by molar-refractivity contribution is 0.112. The second-order valence-corrected chi connectivity index (χ2v) is 8.58. The average molecular weight is 383 g/mol. The molecule has 2 aromatic carbocycles. The maximum absolute atomic E-state index is 13.3. The number of anilines is 1. The number of hydrogen-bond donors (Lipinski definition) is 0. The monoisotopic (exact) mass is 383 g/mol. The fourth-order valence-electron chi connectivity index (χ4n) is 4.23. The van der Waals surface area contributed by atoms with Gasteiger partial charge in [-0.15, -0.1) is 0 Å². The summed E-state index contributed by atoms with van der Waals surface area (Å²) in [4.78, 5) is 11.9. The standard InChI is InChI=1S/C21H18FNO3S/c1-27(25)23-7-6-13-8-15(13)16-9-17-18(11-24)21(26-20(17)10-19(16)23)12-2-4-14(22)5-3-12/h2-5,9-11,13,15H,6-8H2,1H3. The highest BCUT2D eigenvalue weighted by molar-refractivity contribution is 7.85.